The average Bonchev–Trinajstić information content (AvgIpc) is 2.92. The van der Waals surface area contributed by atoms with Crippen molar-refractivity contribution in [3.63, 3.8) is 0 Å². The highest BCUT2D eigenvalue weighted by Crippen LogP contribution is 2.28. The molecule has 0 aliphatic heterocycles. The van der Waals surface area contributed by atoms with Crippen LogP contribution in [0, 0.1) is 11.6 Å². The van der Waals surface area contributed by atoms with Crippen molar-refractivity contribution in [1.82, 2.24) is 10.1 Å². The number of phenols is 1. The van der Waals surface area contributed by atoms with Crippen LogP contribution in [-0.2, 0) is 6.42 Å². The Morgan fingerprint density at radius 1 is 1.00 bits per heavy atom. The third-order valence-corrected chi connectivity index (χ3v) is 2.93. The van der Waals surface area contributed by atoms with Gasteiger partial charge in [-0.15, -0.1) is 0 Å². The predicted molar refractivity (Wildman–Crippen MR) is 70.6 cm³/mol. The van der Waals surface area contributed by atoms with Crippen LogP contribution < -0.4 is 0 Å². The van der Waals surface area contributed by atoms with Gasteiger partial charge in [-0.2, -0.15) is 4.98 Å². The van der Waals surface area contributed by atoms with E-state index in [1.807, 2.05) is 0 Å². The standard InChI is InChI=1S/C15H10F2N2O2/c16-10-3-1-9(2-4-10)7-14-18-15(21-19-14)12-8-11(17)5-6-13(12)20/h1-6,8,20H,7H2. The molecule has 0 saturated carbocycles. The van der Waals surface area contributed by atoms with Gasteiger partial charge in [-0.1, -0.05) is 17.3 Å². The first kappa shape index (κ1) is 13.2. The summed E-state index contributed by atoms with van der Waals surface area (Å²) in [7, 11) is 0. The van der Waals surface area contributed by atoms with Crippen molar-refractivity contribution in [3.8, 4) is 17.2 Å². The van der Waals surface area contributed by atoms with Crippen molar-refractivity contribution in [2.24, 2.45) is 0 Å². The van der Waals surface area contributed by atoms with Gasteiger partial charge in [0, 0.05) is 6.42 Å². The molecule has 0 saturated heterocycles. The Hall–Kier alpha value is -2.76. The van der Waals surface area contributed by atoms with Gasteiger partial charge in [0.2, 0.25) is 0 Å². The predicted octanol–water partition coefficient (Wildman–Crippen LogP) is 3.31. The van der Waals surface area contributed by atoms with Gasteiger partial charge in [0.05, 0.1) is 5.56 Å². The summed E-state index contributed by atoms with van der Waals surface area (Å²) in [5, 5.41) is 13.4. The number of hydrogen-bond acceptors (Lipinski definition) is 4. The number of benzene rings is 2. The largest absolute Gasteiger partial charge is 0.507 e. The molecule has 1 aromatic heterocycles. The fourth-order valence-electron chi connectivity index (χ4n) is 1.90. The summed E-state index contributed by atoms with van der Waals surface area (Å²) < 4.78 is 31.0. The fraction of sp³-hybridized carbons (Fsp3) is 0.0667. The van der Waals surface area contributed by atoms with Crippen LogP contribution in [0.2, 0.25) is 0 Å². The van der Waals surface area contributed by atoms with Crippen molar-refractivity contribution < 1.29 is 18.4 Å². The van der Waals surface area contributed by atoms with E-state index < -0.39 is 5.82 Å². The molecule has 0 bridgehead atoms. The van der Waals surface area contributed by atoms with Crippen molar-refractivity contribution in [2.75, 3.05) is 0 Å². The summed E-state index contributed by atoms with van der Waals surface area (Å²) in [5.41, 5.74) is 0.945. The fourth-order valence-corrected chi connectivity index (χ4v) is 1.90. The highest BCUT2D eigenvalue weighted by Gasteiger charge is 2.14. The monoisotopic (exact) mass is 288 g/mol. The zero-order chi connectivity index (χ0) is 14.8. The summed E-state index contributed by atoms with van der Waals surface area (Å²) in [6.07, 6.45) is 0.347. The van der Waals surface area contributed by atoms with E-state index in [2.05, 4.69) is 10.1 Å². The van der Waals surface area contributed by atoms with Gasteiger partial charge in [-0.25, -0.2) is 8.78 Å². The van der Waals surface area contributed by atoms with Gasteiger partial charge in [-0.3, -0.25) is 0 Å². The normalized spacial score (nSPS) is 10.8. The van der Waals surface area contributed by atoms with E-state index in [1.54, 1.807) is 12.1 Å². The van der Waals surface area contributed by atoms with E-state index in [1.165, 1.54) is 18.2 Å². The van der Waals surface area contributed by atoms with Crippen molar-refractivity contribution in [1.29, 1.82) is 0 Å². The minimum absolute atomic E-state index is 0.0316. The molecule has 3 aromatic rings. The van der Waals surface area contributed by atoms with E-state index in [0.717, 1.165) is 17.7 Å². The summed E-state index contributed by atoms with van der Waals surface area (Å²) in [5.74, 6) is -0.587. The molecular weight excluding hydrogens is 278 g/mol. The van der Waals surface area contributed by atoms with E-state index in [-0.39, 0.29) is 23.0 Å². The smallest absolute Gasteiger partial charge is 0.261 e. The Morgan fingerprint density at radius 2 is 1.71 bits per heavy atom. The maximum Gasteiger partial charge on any atom is 0.261 e. The van der Waals surface area contributed by atoms with E-state index in [9.17, 15) is 13.9 Å². The molecule has 1 heterocycles. The first-order chi connectivity index (χ1) is 10.1. The molecule has 6 heteroatoms. The molecule has 4 nitrogen and oxygen atoms in total. The summed E-state index contributed by atoms with van der Waals surface area (Å²) in [6, 6.07) is 9.38. The van der Waals surface area contributed by atoms with E-state index in [4.69, 9.17) is 4.52 Å². The van der Waals surface area contributed by atoms with Crippen LogP contribution in [-0.4, -0.2) is 15.2 Å². The summed E-state index contributed by atoms with van der Waals surface area (Å²) in [4.78, 5) is 4.10. The van der Waals surface area contributed by atoms with Gasteiger partial charge < -0.3 is 9.63 Å². The highest BCUT2D eigenvalue weighted by atomic mass is 19.1. The maximum atomic E-state index is 13.2. The van der Waals surface area contributed by atoms with Gasteiger partial charge in [0.1, 0.15) is 17.4 Å². The molecule has 0 aliphatic rings. The van der Waals surface area contributed by atoms with Crippen LogP contribution in [0.5, 0.6) is 5.75 Å². The molecule has 0 radical (unpaired) electrons. The Balaban J connectivity index is 1.86. The molecule has 106 valence electrons. The number of phenolic OH excluding ortho intramolecular Hbond substituents is 1. The van der Waals surface area contributed by atoms with Crippen LogP contribution >= 0.6 is 0 Å². The lowest BCUT2D eigenvalue weighted by Gasteiger charge is -1.98. The number of hydrogen-bond donors (Lipinski definition) is 1. The lowest BCUT2D eigenvalue weighted by molar-refractivity contribution is 0.418. The molecule has 2 aromatic carbocycles. The molecule has 0 fully saturated rings. The Bertz CT molecular complexity index is 770. The number of aromatic nitrogens is 2. The molecule has 0 amide bonds. The number of nitrogens with zero attached hydrogens (tertiary/aromatic N) is 2. The highest BCUT2D eigenvalue weighted by molar-refractivity contribution is 5.61. The van der Waals surface area contributed by atoms with Gasteiger partial charge in [-0.05, 0) is 35.9 Å². The Morgan fingerprint density at radius 3 is 2.48 bits per heavy atom. The maximum absolute atomic E-state index is 13.2. The molecule has 0 unspecified atom stereocenters. The zero-order valence-corrected chi connectivity index (χ0v) is 10.8. The SMILES string of the molecule is Oc1ccc(F)cc1-c1nc(Cc2ccc(F)cc2)no1. The van der Waals surface area contributed by atoms with Crippen molar-refractivity contribution in [3.05, 3.63) is 65.5 Å². The lowest BCUT2D eigenvalue weighted by atomic mass is 10.1. The average molecular weight is 288 g/mol. The number of rotatable bonds is 3. The Labute approximate surface area is 118 Å². The second-order valence-corrected chi connectivity index (χ2v) is 4.48. The van der Waals surface area contributed by atoms with Gasteiger partial charge >= 0.3 is 0 Å². The van der Waals surface area contributed by atoms with Gasteiger partial charge in [0.25, 0.3) is 5.89 Å². The first-order valence-corrected chi connectivity index (χ1v) is 6.18. The first-order valence-electron chi connectivity index (χ1n) is 6.18. The minimum Gasteiger partial charge on any atom is -0.507 e. The second-order valence-electron chi connectivity index (χ2n) is 4.48. The third-order valence-electron chi connectivity index (χ3n) is 2.93. The van der Waals surface area contributed by atoms with Crippen molar-refractivity contribution >= 4 is 0 Å². The van der Waals surface area contributed by atoms with Crippen LogP contribution in [0.4, 0.5) is 8.78 Å². The third kappa shape index (κ3) is 2.89. The molecule has 21 heavy (non-hydrogen) atoms. The lowest BCUT2D eigenvalue weighted by Crippen LogP contribution is -1.91. The summed E-state index contributed by atoms with van der Waals surface area (Å²) in [6.45, 7) is 0. The molecule has 0 spiro atoms. The zero-order valence-electron chi connectivity index (χ0n) is 10.8. The Kier molecular flexibility index (Phi) is 3.35. The van der Waals surface area contributed by atoms with E-state index >= 15 is 0 Å². The van der Waals surface area contributed by atoms with Crippen LogP contribution in [0.15, 0.2) is 47.0 Å². The number of aromatic hydroxyl groups is 1. The van der Waals surface area contributed by atoms with E-state index in [0.29, 0.717) is 12.2 Å². The minimum atomic E-state index is -0.513. The molecular formula is C15H10F2N2O2. The van der Waals surface area contributed by atoms with Crippen molar-refractivity contribution in [2.45, 2.75) is 6.42 Å². The van der Waals surface area contributed by atoms with Crippen LogP contribution in [0.25, 0.3) is 11.5 Å². The quantitative estimate of drug-likeness (QED) is 0.803. The summed E-state index contributed by atoms with van der Waals surface area (Å²) >= 11 is 0. The molecule has 3 rings (SSSR count). The van der Waals surface area contributed by atoms with Gasteiger partial charge in [0.15, 0.2) is 5.82 Å². The second kappa shape index (κ2) is 5.32. The molecule has 0 atom stereocenters. The topological polar surface area (TPSA) is 59.2 Å². The van der Waals surface area contributed by atoms with Crippen LogP contribution in [0.3, 0.4) is 0 Å². The van der Waals surface area contributed by atoms with Crippen LogP contribution in [0.1, 0.15) is 11.4 Å². The molecule has 0 aliphatic carbocycles. The number of halogens is 2. The molecule has 1 N–H and O–H groups in total.